The van der Waals surface area contributed by atoms with Gasteiger partial charge in [0, 0.05) is 11.6 Å². The standard InChI is InChI=1S/C13H10N4O2/c1-8-6-7-17(16-8)12-9-4-2-3-5-10(9)14-11(15-12)13(18)19/h2-7H,1H3,(H,18,19). The Labute approximate surface area is 108 Å². The minimum atomic E-state index is -1.16. The van der Waals surface area contributed by atoms with Gasteiger partial charge in [-0.2, -0.15) is 5.10 Å². The number of aromatic carboxylic acids is 1. The summed E-state index contributed by atoms with van der Waals surface area (Å²) >= 11 is 0. The number of fused-ring (bicyclic) bond motifs is 1. The molecule has 0 amide bonds. The Morgan fingerprint density at radius 1 is 1.21 bits per heavy atom. The number of benzene rings is 1. The molecule has 19 heavy (non-hydrogen) atoms. The number of nitrogens with zero attached hydrogens (tertiary/aromatic N) is 4. The van der Waals surface area contributed by atoms with Crippen LogP contribution in [0.4, 0.5) is 0 Å². The van der Waals surface area contributed by atoms with E-state index in [-0.39, 0.29) is 5.82 Å². The van der Waals surface area contributed by atoms with Crippen molar-refractivity contribution in [1.82, 2.24) is 19.7 Å². The lowest BCUT2D eigenvalue weighted by atomic mass is 10.2. The van der Waals surface area contributed by atoms with Gasteiger partial charge in [0.05, 0.1) is 11.2 Å². The van der Waals surface area contributed by atoms with Crippen molar-refractivity contribution in [2.75, 3.05) is 0 Å². The summed E-state index contributed by atoms with van der Waals surface area (Å²) in [5.41, 5.74) is 1.41. The Hall–Kier alpha value is -2.76. The van der Waals surface area contributed by atoms with Crippen molar-refractivity contribution >= 4 is 16.9 Å². The number of aromatic nitrogens is 4. The number of carboxylic acids is 1. The average molecular weight is 254 g/mol. The molecule has 2 aromatic heterocycles. The van der Waals surface area contributed by atoms with Crippen LogP contribution in [0.1, 0.15) is 16.3 Å². The molecule has 1 aromatic carbocycles. The number of aryl methyl sites for hydroxylation is 1. The quantitative estimate of drug-likeness (QED) is 0.754. The molecule has 0 saturated carbocycles. The van der Waals surface area contributed by atoms with Crippen molar-refractivity contribution in [3.63, 3.8) is 0 Å². The third kappa shape index (κ3) is 1.93. The van der Waals surface area contributed by atoms with Gasteiger partial charge in [0.2, 0.25) is 5.82 Å². The van der Waals surface area contributed by atoms with Gasteiger partial charge < -0.3 is 5.11 Å². The van der Waals surface area contributed by atoms with Gasteiger partial charge >= 0.3 is 5.97 Å². The molecule has 2 heterocycles. The zero-order valence-electron chi connectivity index (χ0n) is 10.1. The predicted octanol–water partition coefficient (Wildman–Crippen LogP) is 1.82. The van der Waals surface area contributed by atoms with Crippen molar-refractivity contribution in [1.29, 1.82) is 0 Å². The molecule has 0 saturated heterocycles. The number of carboxylic acid groups (broad SMARTS) is 1. The fraction of sp³-hybridized carbons (Fsp3) is 0.0769. The second-order valence-corrected chi connectivity index (χ2v) is 4.09. The highest BCUT2D eigenvalue weighted by molar-refractivity contribution is 5.91. The molecule has 0 atom stereocenters. The zero-order chi connectivity index (χ0) is 13.4. The van der Waals surface area contributed by atoms with E-state index in [2.05, 4.69) is 15.1 Å². The largest absolute Gasteiger partial charge is 0.475 e. The molecule has 94 valence electrons. The fourth-order valence-electron chi connectivity index (χ4n) is 1.86. The summed E-state index contributed by atoms with van der Waals surface area (Å²) in [4.78, 5) is 19.2. The van der Waals surface area contributed by atoms with Crippen LogP contribution in [0.15, 0.2) is 36.5 Å². The maximum absolute atomic E-state index is 11.1. The van der Waals surface area contributed by atoms with E-state index in [1.54, 1.807) is 23.0 Å². The van der Waals surface area contributed by atoms with E-state index in [4.69, 9.17) is 5.11 Å². The molecule has 0 fully saturated rings. The van der Waals surface area contributed by atoms with Crippen LogP contribution >= 0.6 is 0 Å². The molecule has 0 bridgehead atoms. The molecule has 3 aromatic rings. The second kappa shape index (κ2) is 4.16. The SMILES string of the molecule is Cc1ccn(-c2nc(C(=O)O)nc3ccccc23)n1. The van der Waals surface area contributed by atoms with E-state index in [1.807, 2.05) is 25.1 Å². The lowest BCUT2D eigenvalue weighted by Gasteiger charge is -2.06. The predicted molar refractivity (Wildman–Crippen MR) is 68.4 cm³/mol. The first kappa shape index (κ1) is 11.3. The van der Waals surface area contributed by atoms with Gasteiger partial charge in [0.15, 0.2) is 5.82 Å². The van der Waals surface area contributed by atoms with Crippen molar-refractivity contribution < 1.29 is 9.90 Å². The third-order valence-corrected chi connectivity index (χ3v) is 2.71. The number of carbonyl (C=O) groups is 1. The summed E-state index contributed by atoms with van der Waals surface area (Å²) < 4.78 is 1.56. The van der Waals surface area contributed by atoms with E-state index in [0.717, 1.165) is 11.1 Å². The highest BCUT2D eigenvalue weighted by Crippen LogP contribution is 2.19. The lowest BCUT2D eigenvalue weighted by molar-refractivity contribution is 0.0684. The van der Waals surface area contributed by atoms with Gasteiger partial charge in [-0.3, -0.25) is 0 Å². The monoisotopic (exact) mass is 254 g/mol. The molecule has 1 N–H and O–H groups in total. The highest BCUT2D eigenvalue weighted by atomic mass is 16.4. The van der Waals surface area contributed by atoms with Crippen LogP contribution in [-0.4, -0.2) is 30.8 Å². The minimum Gasteiger partial charge on any atom is -0.475 e. The first-order valence-electron chi connectivity index (χ1n) is 5.68. The van der Waals surface area contributed by atoms with Crippen molar-refractivity contribution in [3.8, 4) is 5.82 Å². The summed E-state index contributed by atoms with van der Waals surface area (Å²) in [6.07, 6.45) is 1.75. The van der Waals surface area contributed by atoms with Gasteiger partial charge in [-0.05, 0) is 25.1 Å². The molecule has 0 aliphatic heterocycles. The molecular formula is C13H10N4O2. The van der Waals surface area contributed by atoms with Crippen LogP contribution < -0.4 is 0 Å². The Balaban J connectivity index is 2.35. The Morgan fingerprint density at radius 3 is 2.68 bits per heavy atom. The summed E-state index contributed by atoms with van der Waals surface area (Å²) in [5, 5.41) is 14.1. The average Bonchev–Trinajstić information content (AvgIpc) is 2.84. The second-order valence-electron chi connectivity index (χ2n) is 4.09. The Morgan fingerprint density at radius 2 is 2.00 bits per heavy atom. The normalized spacial score (nSPS) is 10.8. The van der Waals surface area contributed by atoms with Crippen LogP contribution in [0.2, 0.25) is 0 Å². The van der Waals surface area contributed by atoms with E-state index >= 15 is 0 Å². The van der Waals surface area contributed by atoms with Crippen LogP contribution in [0.3, 0.4) is 0 Å². The molecule has 0 unspecified atom stereocenters. The minimum absolute atomic E-state index is 0.234. The molecule has 3 rings (SSSR count). The van der Waals surface area contributed by atoms with Gasteiger partial charge in [-0.1, -0.05) is 12.1 Å². The van der Waals surface area contributed by atoms with Gasteiger partial charge in [-0.25, -0.2) is 19.4 Å². The smallest absolute Gasteiger partial charge is 0.374 e. The van der Waals surface area contributed by atoms with Crippen LogP contribution in [0.5, 0.6) is 0 Å². The fourth-order valence-corrected chi connectivity index (χ4v) is 1.86. The lowest BCUT2D eigenvalue weighted by Crippen LogP contribution is -2.09. The van der Waals surface area contributed by atoms with E-state index in [9.17, 15) is 4.79 Å². The van der Waals surface area contributed by atoms with Crippen LogP contribution in [-0.2, 0) is 0 Å². The summed E-state index contributed by atoms with van der Waals surface area (Å²) in [6.45, 7) is 1.86. The number of hydrogen-bond acceptors (Lipinski definition) is 4. The van der Waals surface area contributed by atoms with E-state index in [1.165, 1.54) is 0 Å². The maximum Gasteiger partial charge on any atom is 0.374 e. The summed E-state index contributed by atoms with van der Waals surface area (Å²) in [6, 6.07) is 9.08. The van der Waals surface area contributed by atoms with Gasteiger partial charge in [-0.15, -0.1) is 0 Å². The Bertz CT molecular complexity index is 779. The van der Waals surface area contributed by atoms with Crippen LogP contribution in [0, 0.1) is 6.92 Å². The van der Waals surface area contributed by atoms with Crippen molar-refractivity contribution in [3.05, 3.63) is 48.0 Å². The molecule has 0 aliphatic rings. The molecule has 0 radical (unpaired) electrons. The number of hydrogen-bond donors (Lipinski definition) is 1. The summed E-state index contributed by atoms with van der Waals surface area (Å²) in [7, 11) is 0. The molecule has 6 heteroatoms. The molecule has 6 nitrogen and oxygen atoms in total. The van der Waals surface area contributed by atoms with Gasteiger partial charge in [0.1, 0.15) is 0 Å². The maximum atomic E-state index is 11.1. The van der Waals surface area contributed by atoms with Crippen molar-refractivity contribution in [2.45, 2.75) is 6.92 Å². The first-order valence-corrected chi connectivity index (χ1v) is 5.68. The number of para-hydroxylation sites is 1. The molecule has 0 spiro atoms. The third-order valence-electron chi connectivity index (χ3n) is 2.71. The molecule has 0 aliphatic carbocycles. The number of rotatable bonds is 2. The van der Waals surface area contributed by atoms with Crippen molar-refractivity contribution in [2.24, 2.45) is 0 Å². The zero-order valence-corrected chi connectivity index (χ0v) is 10.1. The van der Waals surface area contributed by atoms with Crippen LogP contribution in [0.25, 0.3) is 16.7 Å². The summed E-state index contributed by atoms with van der Waals surface area (Å²) in [5.74, 6) is -0.922. The Kier molecular flexibility index (Phi) is 2.49. The van der Waals surface area contributed by atoms with Gasteiger partial charge in [0.25, 0.3) is 0 Å². The van der Waals surface area contributed by atoms with E-state index in [0.29, 0.717) is 11.3 Å². The topological polar surface area (TPSA) is 80.9 Å². The first-order chi connectivity index (χ1) is 9.15. The highest BCUT2D eigenvalue weighted by Gasteiger charge is 2.14. The molecular weight excluding hydrogens is 244 g/mol. The van der Waals surface area contributed by atoms with E-state index < -0.39 is 5.97 Å².